The van der Waals surface area contributed by atoms with Crippen molar-refractivity contribution in [1.82, 2.24) is 4.72 Å². The van der Waals surface area contributed by atoms with Crippen LogP contribution in [0.25, 0.3) is 0 Å². The molecule has 0 aliphatic carbocycles. The van der Waals surface area contributed by atoms with Crippen LogP contribution in [0.15, 0.2) is 47.4 Å². The SMILES string of the molecule is Cc1cccc(Oc2ccc3c(c2)S(=O)(=O)NCN3C)c1. The number of anilines is 1. The van der Waals surface area contributed by atoms with Crippen LogP contribution in [-0.2, 0) is 10.0 Å². The summed E-state index contributed by atoms with van der Waals surface area (Å²) in [7, 11) is -1.63. The fraction of sp³-hybridized carbons (Fsp3) is 0.200. The van der Waals surface area contributed by atoms with Gasteiger partial charge in [0.15, 0.2) is 0 Å². The van der Waals surface area contributed by atoms with Crippen LogP contribution < -0.4 is 14.4 Å². The second-order valence-corrected chi connectivity index (χ2v) is 6.79. The van der Waals surface area contributed by atoms with Gasteiger partial charge in [0.25, 0.3) is 0 Å². The van der Waals surface area contributed by atoms with Crippen LogP contribution in [0.1, 0.15) is 5.56 Å². The lowest BCUT2D eigenvalue weighted by Crippen LogP contribution is -2.40. The number of hydrogen-bond acceptors (Lipinski definition) is 4. The fourth-order valence-electron chi connectivity index (χ4n) is 2.25. The van der Waals surface area contributed by atoms with Crippen LogP contribution in [0.3, 0.4) is 0 Å². The maximum Gasteiger partial charge on any atom is 0.244 e. The molecule has 0 saturated heterocycles. The van der Waals surface area contributed by atoms with Gasteiger partial charge in [-0.05, 0) is 36.8 Å². The van der Waals surface area contributed by atoms with Gasteiger partial charge in [-0.2, -0.15) is 4.72 Å². The lowest BCUT2D eigenvalue weighted by molar-refractivity contribution is 0.479. The number of ether oxygens (including phenoxy) is 1. The summed E-state index contributed by atoms with van der Waals surface area (Å²) in [4.78, 5) is 2.08. The Labute approximate surface area is 124 Å². The predicted octanol–water partition coefficient (Wildman–Crippen LogP) is 2.47. The zero-order valence-electron chi connectivity index (χ0n) is 11.8. The van der Waals surface area contributed by atoms with Gasteiger partial charge in [0.2, 0.25) is 10.0 Å². The lowest BCUT2D eigenvalue weighted by Gasteiger charge is -2.28. The van der Waals surface area contributed by atoms with Crippen molar-refractivity contribution in [3.05, 3.63) is 48.0 Å². The first-order chi connectivity index (χ1) is 9.95. The smallest absolute Gasteiger partial charge is 0.244 e. The molecular weight excluding hydrogens is 288 g/mol. The van der Waals surface area contributed by atoms with Crippen molar-refractivity contribution in [2.24, 2.45) is 0 Å². The Morgan fingerprint density at radius 1 is 1.14 bits per heavy atom. The van der Waals surface area contributed by atoms with Crippen molar-refractivity contribution < 1.29 is 13.2 Å². The molecule has 1 aliphatic heterocycles. The third kappa shape index (κ3) is 2.72. The molecule has 1 heterocycles. The highest BCUT2D eigenvalue weighted by molar-refractivity contribution is 7.89. The van der Waals surface area contributed by atoms with Gasteiger partial charge in [0.05, 0.1) is 12.4 Å². The van der Waals surface area contributed by atoms with Crippen molar-refractivity contribution in [2.45, 2.75) is 11.8 Å². The number of hydrogen-bond donors (Lipinski definition) is 1. The third-order valence-corrected chi connectivity index (χ3v) is 4.76. The molecule has 6 heteroatoms. The van der Waals surface area contributed by atoms with Crippen molar-refractivity contribution >= 4 is 15.7 Å². The topological polar surface area (TPSA) is 58.6 Å². The van der Waals surface area contributed by atoms with E-state index < -0.39 is 10.0 Å². The van der Waals surface area contributed by atoms with E-state index in [4.69, 9.17) is 4.74 Å². The number of aryl methyl sites for hydroxylation is 1. The lowest BCUT2D eigenvalue weighted by atomic mass is 10.2. The Hall–Kier alpha value is -2.05. The Morgan fingerprint density at radius 3 is 2.67 bits per heavy atom. The summed E-state index contributed by atoms with van der Waals surface area (Å²) in [6, 6.07) is 12.7. The van der Waals surface area contributed by atoms with Gasteiger partial charge in [-0.1, -0.05) is 12.1 Å². The molecule has 5 nitrogen and oxygen atoms in total. The van der Waals surface area contributed by atoms with E-state index in [0.29, 0.717) is 17.2 Å². The Morgan fingerprint density at radius 2 is 1.90 bits per heavy atom. The van der Waals surface area contributed by atoms with Crippen molar-refractivity contribution in [3.8, 4) is 11.5 Å². The highest BCUT2D eigenvalue weighted by Crippen LogP contribution is 2.33. The minimum atomic E-state index is -3.47. The largest absolute Gasteiger partial charge is 0.457 e. The summed E-state index contributed by atoms with van der Waals surface area (Å²) in [5, 5.41) is 0. The monoisotopic (exact) mass is 304 g/mol. The highest BCUT2D eigenvalue weighted by atomic mass is 32.2. The van der Waals surface area contributed by atoms with Crippen LogP contribution in [0.4, 0.5) is 5.69 Å². The number of rotatable bonds is 2. The molecule has 2 aromatic carbocycles. The van der Waals surface area contributed by atoms with E-state index in [1.54, 1.807) is 18.2 Å². The zero-order chi connectivity index (χ0) is 15.0. The van der Waals surface area contributed by atoms with E-state index in [9.17, 15) is 8.42 Å². The van der Waals surface area contributed by atoms with E-state index in [-0.39, 0.29) is 11.6 Å². The number of fused-ring (bicyclic) bond motifs is 1. The predicted molar refractivity (Wildman–Crippen MR) is 81.3 cm³/mol. The molecule has 0 fully saturated rings. The van der Waals surface area contributed by atoms with Crippen LogP contribution >= 0.6 is 0 Å². The van der Waals surface area contributed by atoms with Gasteiger partial charge in [-0.25, -0.2) is 8.42 Å². The molecular formula is C15H16N2O3S. The van der Waals surface area contributed by atoms with E-state index in [1.165, 1.54) is 0 Å². The van der Waals surface area contributed by atoms with Gasteiger partial charge in [-0.3, -0.25) is 0 Å². The molecule has 0 spiro atoms. The molecule has 0 atom stereocenters. The Bertz CT molecular complexity index is 787. The molecule has 0 radical (unpaired) electrons. The summed E-state index contributed by atoms with van der Waals surface area (Å²) < 4.78 is 32.4. The normalized spacial score (nSPS) is 16.4. The van der Waals surface area contributed by atoms with Gasteiger partial charge < -0.3 is 9.64 Å². The Balaban J connectivity index is 1.99. The average molecular weight is 304 g/mol. The van der Waals surface area contributed by atoms with Crippen LogP contribution in [0.5, 0.6) is 11.5 Å². The molecule has 21 heavy (non-hydrogen) atoms. The summed E-state index contributed by atoms with van der Waals surface area (Å²) in [5.74, 6) is 1.18. The standard InChI is InChI=1S/C15H16N2O3S/c1-11-4-3-5-12(8-11)20-13-6-7-14-15(9-13)21(18,19)16-10-17(14)2/h3-9,16H,10H2,1-2H3. The summed E-state index contributed by atoms with van der Waals surface area (Å²) in [6.45, 7) is 2.25. The minimum absolute atomic E-state index is 0.237. The molecule has 2 aromatic rings. The molecule has 0 bridgehead atoms. The van der Waals surface area contributed by atoms with E-state index in [2.05, 4.69) is 4.72 Å². The van der Waals surface area contributed by atoms with Crippen molar-refractivity contribution in [1.29, 1.82) is 0 Å². The molecule has 0 saturated carbocycles. The first-order valence-electron chi connectivity index (χ1n) is 6.55. The highest BCUT2D eigenvalue weighted by Gasteiger charge is 2.26. The van der Waals surface area contributed by atoms with Gasteiger partial charge >= 0.3 is 0 Å². The zero-order valence-corrected chi connectivity index (χ0v) is 12.6. The van der Waals surface area contributed by atoms with Crippen LogP contribution in [-0.4, -0.2) is 22.1 Å². The average Bonchev–Trinajstić information content (AvgIpc) is 2.44. The summed E-state index contributed by atoms with van der Waals surface area (Å²) in [6.07, 6.45) is 0. The number of sulfonamides is 1. The van der Waals surface area contributed by atoms with Crippen LogP contribution in [0.2, 0.25) is 0 Å². The first-order valence-corrected chi connectivity index (χ1v) is 8.03. The molecule has 1 N–H and O–H groups in total. The fourth-order valence-corrected chi connectivity index (χ4v) is 3.54. The second-order valence-electron chi connectivity index (χ2n) is 5.05. The van der Waals surface area contributed by atoms with Crippen molar-refractivity contribution in [3.63, 3.8) is 0 Å². The third-order valence-electron chi connectivity index (χ3n) is 3.35. The first kappa shape index (κ1) is 13.9. The van der Waals surface area contributed by atoms with E-state index >= 15 is 0 Å². The summed E-state index contributed by atoms with van der Waals surface area (Å²) >= 11 is 0. The van der Waals surface area contributed by atoms with Gasteiger partial charge in [0.1, 0.15) is 16.4 Å². The summed E-state index contributed by atoms with van der Waals surface area (Å²) in [5.41, 5.74) is 1.75. The van der Waals surface area contributed by atoms with Crippen molar-refractivity contribution in [2.75, 3.05) is 18.6 Å². The molecule has 1 aliphatic rings. The second kappa shape index (κ2) is 5.05. The minimum Gasteiger partial charge on any atom is -0.457 e. The maximum atomic E-state index is 12.1. The van der Waals surface area contributed by atoms with Gasteiger partial charge in [0, 0.05) is 13.1 Å². The quantitative estimate of drug-likeness (QED) is 0.926. The molecule has 0 unspecified atom stereocenters. The molecule has 0 amide bonds. The number of nitrogens with zero attached hydrogens (tertiary/aromatic N) is 1. The maximum absolute atomic E-state index is 12.1. The number of nitrogens with one attached hydrogen (secondary N) is 1. The van der Waals surface area contributed by atoms with Crippen LogP contribution in [0, 0.1) is 6.92 Å². The van der Waals surface area contributed by atoms with E-state index in [1.807, 2.05) is 43.1 Å². The van der Waals surface area contributed by atoms with Gasteiger partial charge in [-0.15, -0.1) is 0 Å². The number of benzene rings is 2. The molecule has 3 rings (SSSR count). The Kier molecular flexibility index (Phi) is 3.35. The molecule has 0 aromatic heterocycles. The molecule has 110 valence electrons. The van der Waals surface area contributed by atoms with E-state index in [0.717, 1.165) is 5.56 Å².